The number of nitrogens with one attached hydrogen (secondary N) is 1. The first-order chi connectivity index (χ1) is 9.97. The van der Waals surface area contributed by atoms with Crippen LogP contribution in [0.15, 0.2) is 41.5 Å². The van der Waals surface area contributed by atoms with Crippen LogP contribution in [0.5, 0.6) is 5.75 Å². The summed E-state index contributed by atoms with van der Waals surface area (Å²) in [5.41, 5.74) is 2.55. The zero-order chi connectivity index (χ0) is 15.4. The number of fused-ring (bicyclic) bond motifs is 1. The topological polar surface area (TPSA) is 53.9 Å². The van der Waals surface area contributed by atoms with Gasteiger partial charge in [0.05, 0.1) is 18.8 Å². The molecule has 0 aromatic heterocycles. The summed E-state index contributed by atoms with van der Waals surface area (Å²) in [4.78, 5) is 18.4. The molecule has 0 saturated carbocycles. The summed E-state index contributed by atoms with van der Waals surface area (Å²) >= 11 is 0. The van der Waals surface area contributed by atoms with Gasteiger partial charge in [0.25, 0.3) is 5.91 Å². The highest BCUT2D eigenvalue weighted by molar-refractivity contribution is 5.90. The molecule has 21 heavy (non-hydrogen) atoms. The van der Waals surface area contributed by atoms with E-state index in [1.54, 1.807) is 0 Å². The molecule has 1 aromatic rings. The summed E-state index contributed by atoms with van der Waals surface area (Å²) in [6, 6.07) is 7.71. The Labute approximate surface area is 125 Å². The quantitative estimate of drug-likeness (QED) is 0.862. The van der Waals surface area contributed by atoms with Crippen LogP contribution in [0.1, 0.15) is 13.8 Å². The Morgan fingerprint density at radius 3 is 2.90 bits per heavy atom. The smallest absolute Gasteiger partial charge is 0.263 e. The molecule has 0 saturated heterocycles. The molecule has 0 bridgehead atoms. The Kier molecular flexibility index (Phi) is 4.62. The van der Waals surface area contributed by atoms with Crippen molar-refractivity contribution in [3.63, 3.8) is 0 Å². The van der Waals surface area contributed by atoms with Crippen molar-refractivity contribution in [2.45, 2.75) is 20.0 Å². The van der Waals surface area contributed by atoms with Crippen molar-refractivity contribution in [2.75, 3.05) is 25.0 Å². The third-order valence-corrected chi connectivity index (χ3v) is 3.18. The molecule has 0 aliphatic carbocycles. The highest BCUT2D eigenvalue weighted by Gasteiger charge is 2.28. The van der Waals surface area contributed by atoms with E-state index in [0.29, 0.717) is 13.1 Å². The SMILES string of the molecule is C=C(C)N=C(C)CNC(=O)C1CN(C)c2ccccc2O1. The maximum Gasteiger partial charge on any atom is 0.263 e. The third kappa shape index (κ3) is 3.84. The zero-order valence-corrected chi connectivity index (χ0v) is 12.7. The van der Waals surface area contributed by atoms with Crippen molar-refractivity contribution in [3.05, 3.63) is 36.5 Å². The average molecular weight is 287 g/mol. The second-order valence-electron chi connectivity index (χ2n) is 5.25. The first kappa shape index (κ1) is 15.1. The second kappa shape index (κ2) is 6.43. The molecule has 112 valence electrons. The van der Waals surface area contributed by atoms with E-state index < -0.39 is 6.10 Å². The van der Waals surface area contributed by atoms with Crippen LogP contribution < -0.4 is 15.0 Å². The molecule has 1 amide bonds. The van der Waals surface area contributed by atoms with Crippen molar-refractivity contribution in [2.24, 2.45) is 4.99 Å². The maximum atomic E-state index is 12.2. The van der Waals surface area contributed by atoms with E-state index in [-0.39, 0.29) is 5.91 Å². The lowest BCUT2D eigenvalue weighted by molar-refractivity contribution is -0.127. The minimum Gasteiger partial charge on any atom is -0.477 e. The molecule has 0 spiro atoms. The number of rotatable bonds is 4. The Morgan fingerprint density at radius 1 is 1.48 bits per heavy atom. The van der Waals surface area contributed by atoms with Gasteiger partial charge in [0, 0.05) is 18.5 Å². The van der Waals surface area contributed by atoms with Gasteiger partial charge in [0.15, 0.2) is 6.10 Å². The molecule has 1 N–H and O–H groups in total. The number of carbonyl (C=O) groups excluding carboxylic acids is 1. The Morgan fingerprint density at radius 2 is 2.19 bits per heavy atom. The molecule has 1 unspecified atom stereocenters. The van der Waals surface area contributed by atoms with E-state index in [9.17, 15) is 4.79 Å². The number of nitrogens with zero attached hydrogens (tertiary/aromatic N) is 2. The normalized spacial score (nSPS) is 17.8. The van der Waals surface area contributed by atoms with Gasteiger partial charge in [-0.1, -0.05) is 18.7 Å². The number of aliphatic imine (C=N–C) groups is 1. The number of anilines is 1. The van der Waals surface area contributed by atoms with E-state index >= 15 is 0 Å². The van der Waals surface area contributed by atoms with E-state index in [1.807, 2.05) is 50.1 Å². The Balaban J connectivity index is 1.98. The number of hydrogen-bond acceptors (Lipinski definition) is 4. The van der Waals surface area contributed by atoms with Gasteiger partial charge in [0.1, 0.15) is 5.75 Å². The van der Waals surface area contributed by atoms with Gasteiger partial charge in [-0.2, -0.15) is 0 Å². The highest BCUT2D eigenvalue weighted by atomic mass is 16.5. The van der Waals surface area contributed by atoms with Crippen LogP contribution in [0, 0.1) is 0 Å². The predicted octanol–water partition coefficient (Wildman–Crippen LogP) is 1.99. The number of amides is 1. The number of para-hydroxylation sites is 2. The van der Waals surface area contributed by atoms with Crippen LogP contribution >= 0.6 is 0 Å². The summed E-state index contributed by atoms with van der Waals surface area (Å²) in [5.74, 6) is 0.603. The lowest BCUT2D eigenvalue weighted by Crippen LogP contribution is -2.48. The lowest BCUT2D eigenvalue weighted by atomic mass is 10.2. The summed E-state index contributed by atoms with van der Waals surface area (Å²) in [7, 11) is 1.95. The molecule has 1 aliphatic rings. The molecule has 1 atom stereocenters. The van der Waals surface area contributed by atoms with E-state index in [2.05, 4.69) is 16.9 Å². The van der Waals surface area contributed by atoms with Crippen molar-refractivity contribution in [3.8, 4) is 5.75 Å². The molecule has 2 rings (SSSR count). The fraction of sp³-hybridized carbons (Fsp3) is 0.375. The summed E-state index contributed by atoms with van der Waals surface area (Å²) in [6.07, 6.45) is -0.512. The molecule has 1 heterocycles. The number of hydrogen-bond donors (Lipinski definition) is 1. The standard InChI is InChI=1S/C16H21N3O2/c1-11(2)18-12(3)9-17-16(20)15-10-19(4)13-7-5-6-8-14(13)21-15/h5-8,15H,1,9-10H2,2-4H3,(H,17,20). The summed E-state index contributed by atoms with van der Waals surface area (Å²) in [5, 5.41) is 2.85. The predicted molar refractivity (Wildman–Crippen MR) is 85.1 cm³/mol. The Hall–Kier alpha value is -2.30. The monoisotopic (exact) mass is 287 g/mol. The fourth-order valence-corrected chi connectivity index (χ4v) is 2.24. The van der Waals surface area contributed by atoms with Crippen LogP contribution in [0.3, 0.4) is 0 Å². The van der Waals surface area contributed by atoms with Crippen LogP contribution in [0.25, 0.3) is 0 Å². The highest BCUT2D eigenvalue weighted by Crippen LogP contribution is 2.31. The van der Waals surface area contributed by atoms with Gasteiger partial charge in [-0.3, -0.25) is 9.79 Å². The third-order valence-electron chi connectivity index (χ3n) is 3.18. The van der Waals surface area contributed by atoms with E-state index in [4.69, 9.17) is 4.74 Å². The molecule has 0 radical (unpaired) electrons. The first-order valence-corrected chi connectivity index (χ1v) is 6.91. The summed E-state index contributed by atoms with van der Waals surface area (Å²) < 4.78 is 5.77. The van der Waals surface area contributed by atoms with Crippen molar-refractivity contribution in [1.82, 2.24) is 5.32 Å². The van der Waals surface area contributed by atoms with Crippen LogP contribution in [0.4, 0.5) is 5.69 Å². The maximum absolute atomic E-state index is 12.2. The molecule has 5 nitrogen and oxygen atoms in total. The van der Waals surface area contributed by atoms with Gasteiger partial charge >= 0.3 is 0 Å². The number of carbonyl (C=O) groups is 1. The second-order valence-corrected chi connectivity index (χ2v) is 5.25. The van der Waals surface area contributed by atoms with E-state index in [0.717, 1.165) is 22.8 Å². The van der Waals surface area contributed by atoms with Gasteiger partial charge in [-0.25, -0.2) is 0 Å². The van der Waals surface area contributed by atoms with Gasteiger partial charge in [0.2, 0.25) is 0 Å². The molecule has 1 aliphatic heterocycles. The molecular formula is C16H21N3O2. The van der Waals surface area contributed by atoms with Crippen molar-refractivity contribution in [1.29, 1.82) is 0 Å². The molecule has 0 fully saturated rings. The number of likely N-dealkylation sites (N-methyl/N-ethyl adjacent to an activating group) is 1. The molecule has 1 aromatic carbocycles. The number of allylic oxidation sites excluding steroid dienone is 1. The Bertz CT molecular complexity index is 581. The van der Waals surface area contributed by atoms with Gasteiger partial charge in [-0.05, 0) is 26.0 Å². The van der Waals surface area contributed by atoms with Gasteiger partial charge in [-0.15, -0.1) is 0 Å². The molecular weight excluding hydrogens is 266 g/mol. The van der Waals surface area contributed by atoms with Crippen molar-refractivity contribution < 1.29 is 9.53 Å². The minimum atomic E-state index is -0.512. The number of benzene rings is 1. The van der Waals surface area contributed by atoms with Crippen molar-refractivity contribution >= 4 is 17.3 Å². The average Bonchev–Trinajstić information content (AvgIpc) is 2.44. The van der Waals surface area contributed by atoms with Crippen LogP contribution in [0.2, 0.25) is 0 Å². The summed E-state index contributed by atoms with van der Waals surface area (Å²) in [6.45, 7) is 8.32. The van der Waals surface area contributed by atoms with E-state index in [1.165, 1.54) is 0 Å². The van der Waals surface area contributed by atoms with Crippen LogP contribution in [-0.4, -0.2) is 37.9 Å². The lowest BCUT2D eigenvalue weighted by Gasteiger charge is -2.32. The first-order valence-electron chi connectivity index (χ1n) is 6.91. The minimum absolute atomic E-state index is 0.132. The van der Waals surface area contributed by atoms with Crippen LogP contribution in [-0.2, 0) is 4.79 Å². The fourth-order valence-electron chi connectivity index (χ4n) is 2.24. The van der Waals surface area contributed by atoms with Gasteiger partial charge < -0.3 is 15.0 Å². The zero-order valence-electron chi connectivity index (χ0n) is 12.7. The largest absolute Gasteiger partial charge is 0.477 e. The molecule has 5 heteroatoms. The number of ether oxygens (including phenoxy) is 1.